The number of amides is 1. The van der Waals surface area contributed by atoms with Gasteiger partial charge in [0.2, 0.25) is 0 Å². The van der Waals surface area contributed by atoms with Crippen LogP contribution in [-0.2, 0) is 20.2 Å². The third-order valence-electron chi connectivity index (χ3n) is 6.09. The van der Waals surface area contributed by atoms with Crippen LogP contribution in [0.2, 0.25) is 0 Å². The molecule has 0 aliphatic carbocycles. The fourth-order valence-corrected chi connectivity index (χ4v) is 7.30. The summed E-state index contributed by atoms with van der Waals surface area (Å²) in [4.78, 5) is 10.9. The Morgan fingerprint density at radius 2 is 1.86 bits per heavy atom. The summed E-state index contributed by atoms with van der Waals surface area (Å²) in [6, 6.07) is 8.23. The average molecular weight is 543 g/mol. The van der Waals surface area contributed by atoms with Crippen LogP contribution in [0, 0.1) is 5.82 Å². The highest BCUT2D eigenvalue weighted by molar-refractivity contribution is 7.92. The maximum atomic E-state index is 13.5. The summed E-state index contributed by atoms with van der Waals surface area (Å²) in [5, 5.41) is 11.2. The molecule has 1 saturated heterocycles. The standard InChI is InChI=1S/C22H27FN4O7S2/c1-15-4-2-3-11-26(15)36(32,33)24-13-18-14-27(35(30,31)19-8-5-16(23)6-9-19)20-12-17(25-22(28)29)7-10-21(20)34-18/h5-10,12,15,18,24-25H,2-4,11,13-14H2,1H3,(H,28,29)/t15?,18-/m0/s1. The van der Waals surface area contributed by atoms with E-state index in [1.165, 1.54) is 22.5 Å². The molecule has 2 heterocycles. The maximum Gasteiger partial charge on any atom is 0.409 e. The number of hydrogen-bond acceptors (Lipinski definition) is 6. The number of piperidine rings is 1. The maximum absolute atomic E-state index is 13.5. The first-order valence-electron chi connectivity index (χ1n) is 11.3. The molecule has 0 spiro atoms. The molecule has 0 radical (unpaired) electrons. The molecule has 0 bridgehead atoms. The molecule has 0 saturated carbocycles. The molecule has 2 aromatic rings. The molecular weight excluding hydrogens is 515 g/mol. The van der Waals surface area contributed by atoms with E-state index in [0.29, 0.717) is 6.54 Å². The Kier molecular flexibility index (Phi) is 7.41. The molecule has 1 fully saturated rings. The zero-order chi connectivity index (χ0) is 26.1. The van der Waals surface area contributed by atoms with Crippen LogP contribution in [0.3, 0.4) is 0 Å². The molecule has 1 unspecified atom stereocenters. The number of rotatable bonds is 7. The van der Waals surface area contributed by atoms with E-state index in [1.54, 1.807) is 0 Å². The Morgan fingerprint density at radius 3 is 2.53 bits per heavy atom. The van der Waals surface area contributed by atoms with Crippen LogP contribution in [0.15, 0.2) is 47.4 Å². The number of benzene rings is 2. The van der Waals surface area contributed by atoms with E-state index in [9.17, 15) is 26.0 Å². The number of halogens is 1. The predicted octanol–water partition coefficient (Wildman–Crippen LogP) is 2.58. The second-order valence-corrected chi connectivity index (χ2v) is 12.2. The summed E-state index contributed by atoms with van der Waals surface area (Å²) >= 11 is 0. The molecule has 2 aromatic carbocycles. The molecule has 2 aliphatic heterocycles. The Labute approximate surface area is 209 Å². The highest BCUT2D eigenvalue weighted by atomic mass is 32.2. The number of nitrogens with zero attached hydrogens (tertiary/aromatic N) is 2. The minimum atomic E-state index is -4.23. The van der Waals surface area contributed by atoms with E-state index < -0.39 is 38.2 Å². The summed E-state index contributed by atoms with van der Waals surface area (Å²) in [7, 11) is -8.05. The Bertz CT molecular complexity index is 1340. The number of fused-ring (bicyclic) bond motifs is 1. The molecule has 196 valence electrons. The van der Waals surface area contributed by atoms with Crippen molar-refractivity contribution in [3.63, 3.8) is 0 Å². The number of ether oxygens (including phenoxy) is 1. The molecule has 3 N–H and O–H groups in total. The second kappa shape index (κ2) is 10.2. The van der Waals surface area contributed by atoms with Gasteiger partial charge in [0, 0.05) is 18.3 Å². The fourth-order valence-electron chi connectivity index (χ4n) is 4.29. The molecule has 36 heavy (non-hydrogen) atoms. The van der Waals surface area contributed by atoms with Crippen LogP contribution in [0.5, 0.6) is 5.75 Å². The van der Waals surface area contributed by atoms with Crippen LogP contribution >= 0.6 is 0 Å². The lowest BCUT2D eigenvalue weighted by atomic mass is 10.1. The van der Waals surface area contributed by atoms with E-state index in [2.05, 4.69) is 10.0 Å². The summed E-state index contributed by atoms with van der Waals surface area (Å²) < 4.78 is 77.0. The first-order chi connectivity index (χ1) is 17.0. The number of hydrogen-bond donors (Lipinski definition) is 3. The van der Waals surface area contributed by atoms with Gasteiger partial charge in [0.15, 0.2) is 0 Å². The van der Waals surface area contributed by atoms with Gasteiger partial charge in [-0.3, -0.25) is 9.62 Å². The van der Waals surface area contributed by atoms with Crippen molar-refractivity contribution in [2.24, 2.45) is 0 Å². The highest BCUT2D eigenvalue weighted by Crippen LogP contribution is 2.39. The van der Waals surface area contributed by atoms with Gasteiger partial charge in [-0.2, -0.15) is 17.4 Å². The Balaban J connectivity index is 1.63. The van der Waals surface area contributed by atoms with Crippen molar-refractivity contribution in [1.29, 1.82) is 0 Å². The molecular formula is C22H27FN4O7S2. The molecule has 2 aliphatic rings. The Hall–Kier alpha value is -2.94. The first kappa shape index (κ1) is 26.1. The van der Waals surface area contributed by atoms with Crippen molar-refractivity contribution in [2.45, 2.75) is 43.2 Å². The molecule has 0 aromatic heterocycles. The lowest BCUT2D eigenvalue weighted by Crippen LogP contribution is -2.52. The fraction of sp³-hybridized carbons (Fsp3) is 0.409. The van der Waals surface area contributed by atoms with Crippen molar-refractivity contribution >= 4 is 37.7 Å². The lowest BCUT2D eigenvalue weighted by molar-refractivity contribution is 0.200. The van der Waals surface area contributed by atoms with Gasteiger partial charge in [0.25, 0.3) is 20.2 Å². The van der Waals surface area contributed by atoms with Gasteiger partial charge in [-0.1, -0.05) is 6.42 Å². The van der Waals surface area contributed by atoms with Gasteiger partial charge in [-0.25, -0.2) is 17.6 Å². The minimum absolute atomic E-state index is 0.0642. The van der Waals surface area contributed by atoms with Crippen molar-refractivity contribution in [3.8, 4) is 5.75 Å². The quantitative estimate of drug-likeness (QED) is 0.488. The van der Waals surface area contributed by atoms with Crippen LogP contribution in [0.25, 0.3) is 0 Å². The topological polar surface area (TPSA) is 145 Å². The monoisotopic (exact) mass is 542 g/mol. The second-order valence-electron chi connectivity index (χ2n) is 8.65. The van der Waals surface area contributed by atoms with Gasteiger partial charge in [-0.05, 0) is 62.2 Å². The van der Waals surface area contributed by atoms with Gasteiger partial charge >= 0.3 is 6.09 Å². The SMILES string of the molecule is CC1CCCCN1S(=O)(=O)NC[C@H]1CN(S(=O)(=O)c2ccc(F)cc2)c2cc(NC(=O)O)ccc2O1. The summed E-state index contributed by atoms with van der Waals surface area (Å²) in [5.41, 5.74) is 0.178. The van der Waals surface area contributed by atoms with E-state index >= 15 is 0 Å². The number of anilines is 2. The van der Waals surface area contributed by atoms with Crippen molar-refractivity contribution in [3.05, 3.63) is 48.3 Å². The molecule has 2 atom stereocenters. The number of carboxylic acid groups (broad SMARTS) is 1. The van der Waals surface area contributed by atoms with E-state index in [1.807, 2.05) is 6.92 Å². The average Bonchev–Trinajstić information content (AvgIpc) is 2.82. The zero-order valence-corrected chi connectivity index (χ0v) is 21.1. The van der Waals surface area contributed by atoms with Crippen molar-refractivity contribution in [1.82, 2.24) is 9.03 Å². The summed E-state index contributed by atoms with van der Waals surface area (Å²) in [6.45, 7) is 1.78. The van der Waals surface area contributed by atoms with Gasteiger partial charge in [0.1, 0.15) is 17.7 Å². The van der Waals surface area contributed by atoms with E-state index in [-0.39, 0.29) is 41.2 Å². The number of carbonyl (C=O) groups is 1. The van der Waals surface area contributed by atoms with Gasteiger partial charge in [-0.15, -0.1) is 0 Å². The van der Waals surface area contributed by atoms with Crippen LogP contribution in [0.1, 0.15) is 26.2 Å². The Morgan fingerprint density at radius 1 is 1.14 bits per heavy atom. The third-order valence-corrected chi connectivity index (χ3v) is 9.57. The summed E-state index contributed by atoms with van der Waals surface area (Å²) in [6.07, 6.45) is 0.240. The van der Waals surface area contributed by atoms with Crippen LogP contribution in [0.4, 0.5) is 20.6 Å². The molecule has 11 nitrogen and oxygen atoms in total. The molecule has 4 rings (SSSR count). The number of sulfonamides is 1. The lowest BCUT2D eigenvalue weighted by Gasteiger charge is -2.37. The largest absolute Gasteiger partial charge is 0.485 e. The van der Waals surface area contributed by atoms with Crippen molar-refractivity contribution in [2.75, 3.05) is 29.3 Å². The zero-order valence-electron chi connectivity index (χ0n) is 19.4. The first-order valence-corrected chi connectivity index (χ1v) is 14.2. The van der Waals surface area contributed by atoms with Crippen LogP contribution < -0.4 is 19.1 Å². The van der Waals surface area contributed by atoms with E-state index in [4.69, 9.17) is 9.84 Å². The molecule has 1 amide bonds. The smallest absolute Gasteiger partial charge is 0.409 e. The van der Waals surface area contributed by atoms with Gasteiger partial charge < -0.3 is 9.84 Å². The normalized spacial score (nSPS) is 20.9. The van der Waals surface area contributed by atoms with Crippen molar-refractivity contribution < 1.29 is 35.9 Å². The highest BCUT2D eigenvalue weighted by Gasteiger charge is 2.36. The van der Waals surface area contributed by atoms with Gasteiger partial charge in [0.05, 0.1) is 23.7 Å². The van der Waals surface area contributed by atoms with E-state index in [0.717, 1.165) is 47.8 Å². The number of nitrogens with one attached hydrogen (secondary N) is 2. The molecule has 14 heteroatoms. The predicted molar refractivity (Wildman–Crippen MR) is 130 cm³/mol. The third kappa shape index (κ3) is 5.56. The summed E-state index contributed by atoms with van der Waals surface area (Å²) in [5.74, 6) is -0.484. The minimum Gasteiger partial charge on any atom is -0.485 e. The van der Waals surface area contributed by atoms with Crippen LogP contribution in [-0.4, -0.2) is 64.1 Å².